The number of anilines is 2. The van der Waals surface area contributed by atoms with Crippen LogP contribution < -0.4 is 11.1 Å². The van der Waals surface area contributed by atoms with E-state index in [-0.39, 0.29) is 18.2 Å². The number of imidazole rings is 1. The minimum Gasteiger partial charge on any atom is -0.399 e. The fourth-order valence-corrected chi connectivity index (χ4v) is 6.01. The van der Waals surface area contributed by atoms with Gasteiger partial charge in [0.05, 0.1) is 19.0 Å². The molecule has 1 aliphatic rings. The number of rotatable bonds is 9. The third-order valence-electron chi connectivity index (χ3n) is 8.16. The molecule has 1 saturated heterocycles. The summed E-state index contributed by atoms with van der Waals surface area (Å²) in [4.78, 5) is 26.1. The number of benzene rings is 4. The highest BCUT2D eigenvalue weighted by Crippen LogP contribution is 2.42. The molecular formula is C36H32N6O3. The average Bonchev–Trinajstić information content (AvgIpc) is 3.74. The summed E-state index contributed by atoms with van der Waals surface area (Å²) in [6.45, 7) is 0.342. The van der Waals surface area contributed by atoms with Gasteiger partial charge in [0.15, 0.2) is 17.0 Å². The second-order valence-corrected chi connectivity index (χ2v) is 11.0. The van der Waals surface area contributed by atoms with E-state index >= 15 is 0 Å². The van der Waals surface area contributed by atoms with Crippen molar-refractivity contribution in [2.45, 2.75) is 30.8 Å². The second-order valence-electron chi connectivity index (χ2n) is 11.0. The molecule has 4 aromatic carbocycles. The number of nitrogen functional groups attached to an aromatic ring is 1. The molecular weight excluding hydrogens is 564 g/mol. The molecule has 2 atom stereocenters. The van der Waals surface area contributed by atoms with Gasteiger partial charge in [-0.2, -0.15) is 0 Å². The Hall–Kier alpha value is -5.38. The molecule has 1 amide bonds. The van der Waals surface area contributed by atoms with Crippen LogP contribution in [0.1, 0.15) is 46.1 Å². The van der Waals surface area contributed by atoms with Crippen LogP contribution in [0.15, 0.2) is 128 Å². The lowest BCUT2D eigenvalue weighted by Crippen LogP contribution is -2.35. The number of nitrogens with one attached hydrogen (secondary N) is 1. The molecule has 0 aliphatic carbocycles. The normalized spacial score (nSPS) is 16.5. The Morgan fingerprint density at radius 2 is 1.51 bits per heavy atom. The molecule has 6 aromatic rings. The van der Waals surface area contributed by atoms with Crippen molar-refractivity contribution < 1.29 is 14.3 Å². The van der Waals surface area contributed by atoms with Crippen LogP contribution >= 0.6 is 0 Å². The first kappa shape index (κ1) is 28.4. The third-order valence-corrected chi connectivity index (χ3v) is 8.16. The first-order valence-corrected chi connectivity index (χ1v) is 14.9. The SMILES string of the molecule is Nc1cccc(C(OC[C@@H]2CC[C@H](n3cnc4c(NC(=O)c5ccccc5)ncnc43)O2)(c2ccccc2)c2ccccc2)c1. The number of nitrogens with two attached hydrogens (primary N) is 1. The molecule has 1 fully saturated rings. The number of fused-ring (bicyclic) bond motifs is 1. The number of amides is 1. The van der Waals surface area contributed by atoms with Gasteiger partial charge in [0.2, 0.25) is 0 Å². The maximum atomic E-state index is 12.8. The van der Waals surface area contributed by atoms with Gasteiger partial charge in [-0.1, -0.05) is 91.0 Å². The van der Waals surface area contributed by atoms with Crippen LogP contribution in [0.3, 0.4) is 0 Å². The van der Waals surface area contributed by atoms with Gasteiger partial charge in [-0.15, -0.1) is 0 Å². The summed E-state index contributed by atoms with van der Waals surface area (Å²) in [5.41, 5.74) is 10.6. The minimum absolute atomic E-state index is 0.181. The van der Waals surface area contributed by atoms with Gasteiger partial charge in [-0.3, -0.25) is 9.36 Å². The van der Waals surface area contributed by atoms with Gasteiger partial charge in [-0.25, -0.2) is 15.0 Å². The monoisotopic (exact) mass is 596 g/mol. The average molecular weight is 597 g/mol. The zero-order chi connectivity index (χ0) is 30.6. The first-order valence-electron chi connectivity index (χ1n) is 14.9. The molecule has 0 saturated carbocycles. The topological polar surface area (TPSA) is 117 Å². The van der Waals surface area contributed by atoms with Gasteiger partial charge >= 0.3 is 0 Å². The molecule has 0 spiro atoms. The lowest BCUT2D eigenvalue weighted by molar-refractivity contribution is -0.0756. The van der Waals surface area contributed by atoms with E-state index in [9.17, 15) is 4.79 Å². The van der Waals surface area contributed by atoms with E-state index in [1.54, 1.807) is 18.5 Å². The Kier molecular flexibility index (Phi) is 7.77. The number of nitrogens with zero attached hydrogens (tertiary/aromatic N) is 4. The summed E-state index contributed by atoms with van der Waals surface area (Å²) in [6, 6.07) is 37.3. The third kappa shape index (κ3) is 5.55. The molecule has 1 aliphatic heterocycles. The second kappa shape index (κ2) is 12.3. The smallest absolute Gasteiger partial charge is 0.256 e. The summed E-state index contributed by atoms with van der Waals surface area (Å²) in [5, 5.41) is 2.87. The Morgan fingerprint density at radius 3 is 2.20 bits per heavy atom. The van der Waals surface area contributed by atoms with E-state index in [0.29, 0.717) is 34.8 Å². The van der Waals surface area contributed by atoms with Crippen LogP contribution in [-0.4, -0.2) is 38.1 Å². The van der Waals surface area contributed by atoms with Gasteiger partial charge in [0.25, 0.3) is 5.91 Å². The van der Waals surface area contributed by atoms with Crippen LogP contribution in [0.4, 0.5) is 11.5 Å². The van der Waals surface area contributed by atoms with E-state index in [4.69, 9.17) is 15.2 Å². The minimum atomic E-state index is -0.903. The Bertz CT molecular complexity index is 1870. The number of carbonyl (C=O) groups is 1. The molecule has 45 heavy (non-hydrogen) atoms. The molecule has 3 N–H and O–H groups in total. The number of carbonyl (C=O) groups excluding carboxylic acids is 1. The highest BCUT2D eigenvalue weighted by Gasteiger charge is 2.39. The van der Waals surface area contributed by atoms with Gasteiger partial charge in [-0.05, 0) is 53.8 Å². The van der Waals surface area contributed by atoms with Crippen LogP contribution in [0, 0.1) is 0 Å². The Morgan fingerprint density at radius 1 is 0.844 bits per heavy atom. The zero-order valence-corrected chi connectivity index (χ0v) is 24.5. The lowest BCUT2D eigenvalue weighted by Gasteiger charge is -2.37. The van der Waals surface area contributed by atoms with Crippen LogP contribution in [-0.2, 0) is 15.1 Å². The van der Waals surface area contributed by atoms with Gasteiger partial charge < -0.3 is 20.5 Å². The molecule has 3 heterocycles. The molecule has 7 rings (SSSR count). The predicted octanol–water partition coefficient (Wildman–Crippen LogP) is 6.35. The largest absolute Gasteiger partial charge is 0.399 e. The van der Waals surface area contributed by atoms with Crippen molar-refractivity contribution in [1.82, 2.24) is 19.5 Å². The van der Waals surface area contributed by atoms with Crippen molar-refractivity contribution in [3.8, 4) is 0 Å². The fraction of sp³-hybridized carbons (Fsp3) is 0.167. The number of hydrogen-bond acceptors (Lipinski definition) is 7. The zero-order valence-electron chi connectivity index (χ0n) is 24.5. The maximum absolute atomic E-state index is 12.8. The number of aromatic nitrogens is 4. The first-order chi connectivity index (χ1) is 22.1. The summed E-state index contributed by atoms with van der Waals surface area (Å²) >= 11 is 0. The van der Waals surface area contributed by atoms with Crippen LogP contribution in [0.2, 0.25) is 0 Å². The highest BCUT2D eigenvalue weighted by atomic mass is 16.6. The van der Waals surface area contributed by atoms with Gasteiger partial charge in [0, 0.05) is 11.3 Å². The molecule has 9 nitrogen and oxygen atoms in total. The van der Waals surface area contributed by atoms with Crippen molar-refractivity contribution >= 4 is 28.6 Å². The van der Waals surface area contributed by atoms with Crippen molar-refractivity contribution in [3.63, 3.8) is 0 Å². The van der Waals surface area contributed by atoms with Gasteiger partial charge in [0.1, 0.15) is 18.2 Å². The molecule has 0 radical (unpaired) electrons. The maximum Gasteiger partial charge on any atom is 0.256 e. The Labute approximate surface area is 260 Å². The van der Waals surface area contributed by atoms with E-state index < -0.39 is 5.60 Å². The van der Waals surface area contributed by atoms with Crippen molar-refractivity contribution in [3.05, 3.63) is 150 Å². The van der Waals surface area contributed by atoms with E-state index in [1.807, 2.05) is 77.4 Å². The van der Waals surface area contributed by atoms with Crippen molar-refractivity contribution in [2.75, 3.05) is 17.7 Å². The van der Waals surface area contributed by atoms with E-state index in [0.717, 1.165) is 29.5 Å². The lowest BCUT2D eigenvalue weighted by atomic mass is 9.80. The summed E-state index contributed by atoms with van der Waals surface area (Å²) in [6.07, 6.45) is 4.17. The summed E-state index contributed by atoms with van der Waals surface area (Å²) < 4.78 is 15.5. The van der Waals surface area contributed by atoms with Crippen molar-refractivity contribution in [1.29, 1.82) is 0 Å². The molecule has 0 bridgehead atoms. The highest BCUT2D eigenvalue weighted by molar-refractivity contribution is 6.06. The Balaban J connectivity index is 1.14. The van der Waals surface area contributed by atoms with Crippen molar-refractivity contribution in [2.24, 2.45) is 0 Å². The quantitative estimate of drug-likeness (QED) is 0.148. The fourth-order valence-electron chi connectivity index (χ4n) is 6.01. The van der Waals surface area contributed by atoms with Crippen LogP contribution in [0.5, 0.6) is 0 Å². The number of hydrogen-bond donors (Lipinski definition) is 2. The molecule has 224 valence electrons. The van der Waals surface area contributed by atoms with E-state index in [2.05, 4.69) is 50.6 Å². The summed E-state index contributed by atoms with van der Waals surface area (Å²) in [7, 11) is 0. The van der Waals surface area contributed by atoms with Crippen LogP contribution in [0.25, 0.3) is 11.2 Å². The molecule has 0 unspecified atom stereocenters. The number of ether oxygens (including phenoxy) is 2. The standard InChI is InChI=1S/C36H32N6O3/c37-29-18-10-17-28(21-29)36(26-13-6-2-7-14-26,27-15-8-3-9-16-27)44-22-30-19-20-31(45-30)42-24-40-32-33(38-23-39-34(32)42)41-35(43)25-11-4-1-5-12-25/h1-18,21,23-24,30-31H,19-20,22,37H2,(H,38,39,41,43)/t30-,31+/m0/s1. The predicted molar refractivity (Wildman–Crippen MR) is 172 cm³/mol. The van der Waals surface area contributed by atoms with E-state index in [1.165, 1.54) is 6.33 Å². The summed E-state index contributed by atoms with van der Waals surface area (Å²) in [5.74, 6) is 0.0862. The molecule has 2 aromatic heterocycles. The molecule has 9 heteroatoms.